The molecule has 0 radical (unpaired) electrons. The van der Waals surface area contributed by atoms with Gasteiger partial charge in [-0.25, -0.2) is 0 Å². The summed E-state index contributed by atoms with van der Waals surface area (Å²) in [5, 5.41) is 17.6. The molecule has 0 aliphatic rings. The second-order valence-corrected chi connectivity index (χ2v) is 2.80. The Bertz CT molecular complexity index is 303. The van der Waals surface area contributed by atoms with Crippen molar-refractivity contribution in [1.82, 2.24) is 0 Å². The number of thiocarbonyl (C=S) groups is 1. The Kier molecular flexibility index (Phi) is 2.81. The summed E-state index contributed by atoms with van der Waals surface area (Å²) in [5.74, 6) is 0. The molecule has 0 saturated heterocycles. The molecule has 62 valence electrons. The summed E-state index contributed by atoms with van der Waals surface area (Å²) < 4.78 is 0. The highest BCUT2D eigenvalue weighted by Gasteiger charge is 2.10. The fraction of sp³-hybridized carbons (Fsp3) is 0. The molecule has 0 aliphatic heterocycles. The molecule has 1 aromatic rings. The van der Waals surface area contributed by atoms with Crippen molar-refractivity contribution >= 4 is 29.8 Å². The highest BCUT2D eigenvalue weighted by Crippen LogP contribution is 1.96. The molecule has 3 nitrogen and oxygen atoms in total. The van der Waals surface area contributed by atoms with Gasteiger partial charge in [0.05, 0.1) is 0 Å². The second-order valence-electron chi connectivity index (χ2n) is 2.36. The fourth-order valence-electron chi connectivity index (χ4n) is 0.853. The van der Waals surface area contributed by atoms with Crippen LogP contribution >= 0.6 is 12.2 Å². The molecule has 0 amide bonds. The van der Waals surface area contributed by atoms with Gasteiger partial charge >= 0.3 is 7.12 Å². The van der Waals surface area contributed by atoms with Crippen LogP contribution in [0, 0.1) is 0 Å². The minimum Gasteiger partial charge on any atom is -0.423 e. The molecule has 0 fully saturated rings. The molecule has 0 heterocycles. The average Bonchev–Trinajstić information content (AvgIpc) is 2.04. The van der Waals surface area contributed by atoms with Crippen LogP contribution in [0.5, 0.6) is 0 Å². The van der Waals surface area contributed by atoms with E-state index in [1.807, 2.05) is 0 Å². The number of rotatable bonds is 2. The lowest BCUT2D eigenvalue weighted by atomic mass is 9.80. The van der Waals surface area contributed by atoms with Crippen LogP contribution < -0.4 is 11.2 Å². The Hall–Kier alpha value is -0.905. The summed E-state index contributed by atoms with van der Waals surface area (Å²) in [5.41, 5.74) is 6.37. The van der Waals surface area contributed by atoms with Gasteiger partial charge in [-0.05, 0) is 5.46 Å². The first-order valence-electron chi connectivity index (χ1n) is 3.37. The Morgan fingerprint density at radius 3 is 2.58 bits per heavy atom. The summed E-state index contributed by atoms with van der Waals surface area (Å²) >= 11 is 4.72. The molecule has 12 heavy (non-hydrogen) atoms. The zero-order chi connectivity index (χ0) is 9.14. The largest absolute Gasteiger partial charge is 0.488 e. The molecule has 0 atom stereocenters. The minimum absolute atomic E-state index is 0.248. The van der Waals surface area contributed by atoms with Crippen molar-refractivity contribution in [1.29, 1.82) is 0 Å². The van der Waals surface area contributed by atoms with Crippen molar-refractivity contribution in [3.05, 3.63) is 29.8 Å². The van der Waals surface area contributed by atoms with Gasteiger partial charge in [-0.3, -0.25) is 0 Å². The monoisotopic (exact) mass is 181 g/mol. The lowest BCUT2D eigenvalue weighted by molar-refractivity contribution is 0.426. The Labute approximate surface area is 76.0 Å². The predicted molar refractivity (Wildman–Crippen MR) is 52.2 cm³/mol. The van der Waals surface area contributed by atoms with Crippen LogP contribution in [0.1, 0.15) is 5.56 Å². The van der Waals surface area contributed by atoms with Crippen molar-refractivity contribution in [3.63, 3.8) is 0 Å². The normalized spacial score (nSPS) is 9.50. The molecule has 0 spiro atoms. The summed E-state index contributed by atoms with van der Waals surface area (Å²) in [7, 11) is -1.47. The van der Waals surface area contributed by atoms with E-state index in [9.17, 15) is 0 Å². The van der Waals surface area contributed by atoms with E-state index in [2.05, 4.69) is 0 Å². The molecule has 0 bridgehead atoms. The van der Waals surface area contributed by atoms with E-state index in [-0.39, 0.29) is 4.99 Å². The Morgan fingerprint density at radius 1 is 1.42 bits per heavy atom. The maximum absolute atomic E-state index is 8.80. The average molecular weight is 181 g/mol. The van der Waals surface area contributed by atoms with Gasteiger partial charge in [0, 0.05) is 5.56 Å². The van der Waals surface area contributed by atoms with E-state index in [0.717, 1.165) is 0 Å². The number of hydrogen-bond donors (Lipinski definition) is 3. The topological polar surface area (TPSA) is 66.5 Å². The maximum atomic E-state index is 8.80. The molecule has 0 aliphatic carbocycles. The molecule has 0 saturated carbocycles. The summed E-state index contributed by atoms with van der Waals surface area (Å²) in [6.45, 7) is 0. The Balaban J connectivity index is 3.04. The summed E-state index contributed by atoms with van der Waals surface area (Å²) in [4.78, 5) is 0.248. The number of benzene rings is 1. The summed E-state index contributed by atoms with van der Waals surface area (Å²) in [6, 6.07) is 6.52. The van der Waals surface area contributed by atoms with Gasteiger partial charge in [0.2, 0.25) is 0 Å². The maximum Gasteiger partial charge on any atom is 0.488 e. The third-order valence-electron chi connectivity index (χ3n) is 1.47. The molecule has 5 heteroatoms. The van der Waals surface area contributed by atoms with Gasteiger partial charge < -0.3 is 15.8 Å². The van der Waals surface area contributed by atoms with E-state index in [0.29, 0.717) is 11.0 Å². The van der Waals surface area contributed by atoms with Gasteiger partial charge in [-0.1, -0.05) is 36.5 Å². The quantitative estimate of drug-likeness (QED) is 0.404. The van der Waals surface area contributed by atoms with Gasteiger partial charge in [-0.15, -0.1) is 0 Å². The highest BCUT2D eigenvalue weighted by molar-refractivity contribution is 7.80. The van der Waals surface area contributed by atoms with Crippen LogP contribution in [0.3, 0.4) is 0 Å². The number of hydrogen-bond acceptors (Lipinski definition) is 3. The van der Waals surface area contributed by atoms with Crippen LogP contribution in [0.4, 0.5) is 0 Å². The van der Waals surface area contributed by atoms with E-state index in [1.54, 1.807) is 24.3 Å². The van der Waals surface area contributed by atoms with Crippen molar-refractivity contribution in [2.24, 2.45) is 5.73 Å². The lowest BCUT2D eigenvalue weighted by Gasteiger charge is -2.01. The van der Waals surface area contributed by atoms with Gasteiger partial charge in [0.1, 0.15) is 4.99 Å². The van der Waals surface area contributed by atoms with E-state index in [1.165, 1.54) is 0 Å². The second kappa shape index (κ2) is 3.66. The van der Waals surface area contributed by atoms with E-state index >= 15 is 0 Å². The standard InChI is InChI=1S/C7H8BNO2S/c9-7(12)5-2-1-3-6(4-5)8(10)11/h1-4,10-11H,(H2,9,12). The fourth-order valence-corrected chi connectivity index (χ4v) is 0.980. The zero-order valence-corrected chi connectivity index (χ0v) is 7.08. The van der Waals surface area contributed by atoms with Gasteiger partial charge in [0.25, 0.3) is 0 Å². The van der Waals surface area contributed by atoms with Gasteiger partial charge in [0.15, 0.2) is 0 Å². The molecule has 1 rings (SSSR count). The van der Waals surface area contributed by atoms with Crippen LogP contribution in [0.25, 0.3) is 0 Å². The predicted octanol–water partition coefficient (Wildman–Crippen LogP) is -0.999. The zero-order valence-electron chi connectivity index (χ0n) is 6.27. The van der Waals surface area contributed by atoms with Crippen molar-refractivity contribution < 1.29 is 10.0 Å². The highest BCUT2D eigenvalue weighted by atomic mass is 32.1. The van der Waals surface area contributed by atoms with Crippen molar-refractivity contribution in [3.8, 4) is 0 Å². The van der Waals surface area contributed by atoms with Crippen LogP contribution in [0.15, 0.2) is 24.3 Å². The van der Waals surface area contributed by atoms with Crippen LogP contribution in [-0.4, -0.2) is 22.2 Å². The molecule has 1 aromatic carbocycles. The number of nitrogens with two attached hydrogens (primary N) is 1. The first-order valence-corrected chi connectivity index (χ1v) is 3.78. The lowest BCUT2D eigenvalue weighted by Crippen LogP contribution is -2.30. The third kappa shape index (κ3) is 2.04. The first kappa shape index (κ1) is 9.19. The van der Waals surface area contributed by atoms with E-state index < -0.39 is 7.12 Å². The molecular formula is C7H8BNO2S. The first-order chi connectivity index (χ1) is 5.61. The van der Waals surface area contributed by atoms with Crippen LogP contribution in [0.2, 0.25) is 0 Å². The van der Waals surface area contributed by atoms with Crippen molar-refractivity contribution in [2.45, 2.75) is 0 Å². The smallest absolute Gasteiger partial charge is 0.423 e. The molecule has 0 unspecified atom stereocenters. The molecule has 0 aromatic heterocycles. The van der Waals surface area contributed by atoms with Crippen LogP contribution in [-0.2, 0) is 0 Å². The summed E-state index contributed by atoms with van der Waals surface area (Å²) in [6.07, 6.45) is 0. The Morgan fingerprint density at radius 2 is 2.08 bits per heavy atom. The molecular weight excluding hydrogens is 173 g/mol. The minimum atomic E-state index is -1.47. The molecule has 4 N–H and O–H groups in total. The van der Waals surface area contributed by atoms with Gasteiger partial charge in [-0.2, -0.15) is 0 Å². The third-order valence-corrected chi connectivity index (χ3v) is 1.70. The van der Waals surface area contributed by atoms with E-state index in [4.69, 9.17) is 28.0 Å². The van der Waals surface area contributed by atoms with Crippen molar-refractivity contribution in [2.75, 3.05) is 0 Å². The SMILES string of the molecule is NC(=S)c1cccc(B(O)O)c1.